The van der Waals surface area contributed by atoms with E-state index in [0.29, 0.717) is 6.42 Å². The van der Waals surface area contributed by atoms with Crippen molar-refractivity contribution < 1.29 is 41.0 Å². The summed E-state index contributed by atoms with van der Waals surface area (Å²) in [5, 5.41) is 0. The smallest absolute Gasteiger partial charge is 0.328 e. The minimum absolute atomic E-state index is 0.0372. The van der Waals surface area contributed by atoms with Gasteiger partial charge in [-0.25, -0.2) is 13.2 Å². The van der Waals surface area contributed by atoms with Gasteiger partial charge in [0.15, 0.2) is 5.41 Å². The molecule has 9 heteroatoms. The van der Waals surface area contributed by atoms with Crippen LogP contribution in [0.4, 0.5) is 22.0 Å². The van der Waals surface area contributed by atoms with Crippen LogP contribution in [0.3, 0.4) is 0 Å². The van der Waals surface area contributed by atoms with Crippen LogP contribution in [0.2, 0.25) is 0 Å². The zero-order chi connectivity index (χ0) is 25.7. The monoisotopic (exact) mass is 494 g/mol. The summed E-state index contributed by atoms with van der Waals surface area (Å²) in [4.78, 5) is 24.5. The van der Waals surface area contributed by atoms with E-state index in [1.165, 1.54) is 44.9 Å². The summed E-state index contributed by atoms with van der Waals surface area (Å²) in [6.07, 6.45) is 13.5. The predicted molar refractivity (Wildman–Crippen MR) is 118 cm³/mol. The molecule has 1 aromatic rings. The Morgan fingerprint density at radius 1 is 0.618 bits per heavy atom. The number of hydrogen-bond acceptors (Lipinski definition) is 4. The lowest BCUT2D eigenvalue weighted by molar-refractivity contribution is -0.165. The molecular weight excluding hydrogens is 459 g/mol. The highest BCUT2D eigenvalue weighted by Gasteiger charge is 2.41. The van der Waals surface area contributed by atoms with Gasteiger partial charge in [0.05, 0.1) is 6.61 Å². The van der Waals surface area contributed by atoms with Gasteiger partial charge in [-0.3, -0.25) is 9.59 Å². The second-order valence-corrected chi connectivity index (χ2v) is 8.94. The average Bonchev–Trinajstić information content (AvgIpc) is 2.81. The third-order valence-electron chi connectivity index (χ3n) is 5.62. The number of benzene rings is 1. The summed E-state index contributed by atoms with van der Waals surface area (Å²) in [6.45, 7) is 4.39. The third-order valence-corrected chi connectivity index (χ3v) is 5.62. The SMILES string of the molecule is CCCCCCCCCCCCCCOC(=O)C(C)(C)C(=O)Oc1c(F)c(F)c(F)c(F)c1F. The lowest BCUT2D eigenvalue weighted by Crippen LogP contribution is -2.38. The first-order chi connectivity index (χ1) is 16.1. The van der Waals surface area contributed by atoms with Crippen molar-refractivity contribution >= 4 is 11.9 Å². The molecule has 0 spiro atoms. The molecule has 1 rings (SSSR count). The molecule has 0 amide bonds. The van der Waals surface area contributed by atoms with E-state index in [-0.39, 0.29) is 6.61 Å². The number of rotatable bonds is 16. The summed E-state index contributed by atoms with van der Waals surface area (Å²) >= 11 is 0. The Kier molecular flexibility index (Phi) is 13.1. The number of ether oxygens (including phenoxy) is 2. The number of carbonyl (C=O) groups is 2. The van der Waals surface area contributed by atoms with Crippen molar-refractivity contribution in [3.63, 3.8) is 0 Å². The van der Waals surface area contributed by atoms with Crippen LogP contribution in [-0.4, -0.2) is 18.5 Å². The van der Waals surface area contributed by atoms with E-state index in [2.05, 4.69) is 11.7 Å². The molecule has 0 fully saturated rings. The fraction of sp³-hybridized carbons (Fsp3) is 0.680. The van der Waals surface area contributed by atoms with E-state index in [0.717, 1.165) is 39.5 Å². The number of unbranched alkanes of at least 4 members (excludes halogenated alkanes) is 11. The molecule has 0 atom stereocenters. The Bertz CT molecular complexity index is 782. The van der Waals surface area contributed by atoms with Gasteiger partial charge in [0.1, 0.15) is 0 Å². The lowest BCUT2D eigenvalue weighted by atomic mass is 9.94. The van der Waals surface area contributed by atoms with Gasteiger partial charge in [0.2, 0.25) is 34.8 Å². The maximum Gasteiger partial charge on any atom is 0.328 e. The maximum atomic E-state index is 13.7. The van der Waals surface area contributed by atoms with Crippen molar-refractivity contribution in [1.29, 1.82) is 0 Å². The zero-order valence-corrected chi connectivity index (χ0v) is 20.2. The Balaban J connectivity index is 2.34. The van der Waals surface area contributed by atoms with E-state index in [4.69, 9.17) is 4.74 Å². The topological polar surface area (TPSA) is 52.6 Å². The minimum Gasteiger partial charge on any atom is -0.465 e. The van der Waals surface area contributed by atoms with Crippen LogP contribution in [0, 0.1) is 34.5 Å². The Labute approximate surface area is 198 Å². The number of carbonyl (C=O) groups excluding carboxylic acids is 2. The molecule has 34 heavy (non-hydrogen) atoms. The normalized spacial score (nSPS) is 11.5. The first-order valence-electron chi connectivity index (χ1n) is 12.0. The predicted octanol–water partition coefficient (Wildman–Crippen LogP) is 7.56. The maximum absolute atomic E-state index is 13.7. The van der Waals surface area contributed by atoms with Crippen LogP contribution in [0.15, 0.2) is 0 Å². The van der Waals surface area contributed by atoms with Crippen LogP contribution in [0.1, 0.15) is 97.8 Å². The third kappa shape index (κ3) is 8.87. The van der Waals surface area contributed by atoms with Crippen molar-refractivity contribution in [3.05, 3.63) is 29.1 Å². The highest BCUT2D eigenvalue weighted by atomic mass is 19.2. The van der Waals surface area contributed by atoms with Gasteiger partial charge in [-0.05, 0) is 20.3 Å². The number of esters is 2. The molecule has 0 unspecified atom stereocenters. The van der Waals surface area contributed by atoms with E-state index in [9.17, 15) is 31.5 Å². The summed E-state index contributed by atoms with van der Waals surface area (Å²) in [7, 11) is 0. The van der Waals surface area contributed by atoms with Crippen LogP contribution < -0.4 is 4.74 Å². The standard InChI is InChI=1S/C25H35F5O4/c1-4-5-6-7-8-9-10-11-12-13-14-15-16-33-23(31)25(2,3)24(32)34-22-20(29)18(27)17(26)19(28)21(22)30/h4-16H2,1-3H3. The summed E-state index contributed by atoms with van der Waals surface area (Å²) in [6, 6.07) is 0. The molecule has 0 aliphatic carbocycles. The average molecular weight is 495 g/mol. The van der Waals surface area contributed by atoms with Gasteiger partial charge in [0.25, 0.3) is 0 Å². The fourth-order valence-electron chi connectivity index (χ4n) is 3.27. The van der Waals surface area contributed by atoms with Gasteiger partial charge in [0, 0.05) is 0 Å². The van der Waals surface area contributed by atoms with Crippen molar-refractivity contribution in [2.24, 2.45) is 5.41 Å². The van der Waals surface area contributed by atoms with E-state index >= 15 is 0 Å². The second kappa shape index (κ2) is 14.9. The Morgan fingerprint density at radius 2 is 1.00 bits per heavy atom. The molecule has 0 saturated carbocycles. The molecule has 0 N–H and O–H groups in total. The van der Waals surface area contributed by atoms with Gasteiger partial charge in [-0.1, -0.05) is 77.6 Å². The van der Waals surface area contributed by atoms with Crippen molar-refractivity contribution in [3.8, 4) is 5.75 Å². The second-order valence-electron chi connectivity index (χ2n) is 8.94. The van der Waals surface area contributed by atoms with Crippen molar-refractivity contribution in [2.75, 3.05) is 6.61 Å². The summed E-state index contributed by atoms with van der Waals surface area (Å²) in [5.74, 6) is -15.8. The molecular formula is C25H35F5O4. The van der Waals surface area contributed by atoms with Crippen LogP contribution in [0.25, 0.3) is 0 Å². The largest absolute Gasteiger partial charge is 0.465 e. The molecule has 0 aromatic heterocycles. The first kappa shape index (κ1) is 29.8. The minimum atomic E-state index is -2.38. The first-order valence-corrected chi connectivity index (χ1v) is 12.0. The van der Waals surface area contributed by atoms with Crippen LogP contribution >= 0.6 is 0 Å². The number of hydrogen-bond donors (Lipinski definition) is 0. The van der Waals surface area contributed by atoms with Crippen LogP contribution in [0.5, 0.6) is 5.75 Å². The summed E-state index contributed by atoms with van der Waals surface area (Å²) in [5.41, 5.74) is -2.02. The molecule has 0 heterocycles. The molecule has 0 aliphatic rings. The zero-order valence-electron chi connectivity index (χ0n) is 20.2. The number of halogens is 5. The van der Waals surface area contributed by atoms with E-state index in [1.54, 1.807) is 0 Å². The fourth-order valence-corrected chi connectivity index (χ4v) is 3.27. The molecule has 0 bridgehead atoms. The molecule has 1 aromatic carbocycles. The molecule has 0 saturated heterocycles. The van der Waals surface area contributed by atoms with Gasteiger partial charge in [-0.2, -0.15) is 8.78 Å². The van der Waals surface area contributed by atoms with Crippen LogP contribution in [-0.2, 0) is 14.3 Å². The van der Waals surface area contributed by atoms with Gasteiger partial charge in [-0.15, -0.1) is 0 Å². The molecule has 0 radical (unpaired) electrons. The lowest BCUT2D eigenvalue weighted by Gasteiger charge is -2.21. The van der Waals surface area contributed by atoms with Gasteiger partial charge < -0.3 is 9.47 Å². The molecule has 4 nitrogen and oxygen atoms in total. The quantitative estimate of drug-likeness (QED) is 0.0453. The highest BCUT2D eigenvalue weighted by Crippen LogP contribution is 2.31. The summed E-state index contributed by atoms with van der Waals surface area (Å²) < 4.78 is 76.5. The Morgan fingerprint density at radius 3 is 1.44 bits per heavy atom. The molecule has 194 valence electrons. The molecule has 0 aliphatic heterocycles. The Hall–Kier alpha value is -2.19. The van der Waals surface area contributed by atoms with E-state index < -0.39 is 52.2 Å². The van der Waals surface area contributed by atoms with Gasteiger partial charge >= 0.3 is 11.9 Å². The van der Waals surface area contributed by atoms with Crippen molar-refractivity contribution in [1.82, 2.24) is 0 Å². The highest BCUT2D eigenvalue weighted by molar-refractivity contribution is 5.99. The van der Waals surface area contributed by atoms with E-state index in [1.807, 2.05) is 0 Å². The van der Waals surface area contributed by atoms with Crippen molar-refractivity contribution in [2.45, 2.75) is 97.8 Å².